The van der Waals surface area contributed by atoms with Gasteiger partial charge in [0.25, 0.3) is 10.0 Å². The molecule has 116 valence electrons. The summed E-state index contributed by atoms with van der Waals surface area (Å²) in [4.78, 5) is 1.81. The minimum Gasteiger partial charge on any atom is -0.376 e. The summed E-state index contributed by atoms with van der Waals surface area (Å²) in [6.07, 6.45) is 1.54. The van der Waals surface area contributed by atoms with E-state index in [0.717, 1.165) is 16.7 Å². The summed E-state index contributed by atoms with van der Waals surface area (Å²) < 4.78 is 26.9. The van der Waals surface area contributed by atoms with E-state index in [1.807, 2.05) is 49.3 Å². The van der Waals surface area contributed by atoms with Crippen LogP contribution in [0.15, 0.2) is 53.9 Å². The van der Waals surface area contributed by atoms with Crippen molar-refractivity contribution in [1.82, 2.24) is 0 Å². The van der Waals surface area contributed by atoms with Crippen molar-refractivity contribution in [3.63, 3.8) is 0 Å². The molecule has 0 spiro atoms. The second kappa shape index (κ2) is 6.85. The van der Waals surface area contributed by atoms with Gasteiger partial charge in [-0.3, -0.25) is 4.72 Å². The topological polar surface area (TPSA) is 49.4 Å². The molecule has 4 nitrogen and oxygen atoms in total. The molecule has 0 unspecified atom stereocenters. The number of hydrogen-bond donors (Lipinski definition) is 1. The molecule has 6 heteroatoms. The number of rotatable bonds is 5. The van der Waals surface area contributed by atoms with E-state index in [4.69, 9.17) is 11.6 Å². The maximum Gasteiger partial charge on any atom is 0.255 e. The summed E-state index contributed by atoms with van der Waals surface area (Å²) in [5.41, 5.74) is 1.99. The molecule has 0 aliphatic carbocycles. The van der Waals surface area contributed by atoms with Gasteiger partial charge in [-0.25, -0.2) is 8.42 Å². The van der Waals surface area contributed by atoms with E-state index in [0.29, 0.717) is 10.7 Å². The first-order valence-electron chi connectivity index (χ1n) is 6.60. The molecule has 0 aromatic heterocycles. The van der Waals surface area contributed by atoms with E-state index < -0.39 is 10.0 Å². The minimum absolute atomic E-state index is 0.440. The Kier molecular flexibility index (Phi) is 5.11. The Balaban J connectivity index is 2.26. The van der Waals surface area contributed by atoms with E-state index in [-0.39, 0.29) is 0 Å². The van der Waals surface area contributed by atoms with Gasteiger partial charge in [0.15, 0.2) is 0 Å². The largest absolute Gasteiger partial charge is 0.376 e. The van der Waals surface area contributed by atoms with Gasteiger partial charge in [-0.15, -0.1) is 0 Å². The van der Waals surface area contributed by atoms with Crippen molar-refractivity contribution >= 4 is 39.1 Å². The maximum atomic E-state index is 12.2. The molecule has 0 amide bonds. The highest BCUT2D eigenvalue weighted by atomic mass is 35.5. The third kappa shape index (κ3) is 4.51. The smallest absolute Gasteiger partial charge is 0.255 e. The normalized spacial score (nSPS) is 11.6. The van der Waals surface area contributed by atoms with Crippen molar-refractivity contribution in [2.24, 2.45) is 0 Å². The zero-order valence-electron chi connectivity index (χ0n) is 12.3. The van der Waals surface area contributed by atoms with Crippen LogP contribution in [0.5, 0.6) is 0 Å². The van der Waals surface area contributed by atoms with Gasteiger partial charge in [0.1, 0.15) is 0 Å². The highest BCUT2D eigenvalue weighted by Gasteiger charge is 2.11. The molecule has 0 bridgehead atoms. The zero-order valence-corrected chi connectivity index (χ0v) is 13.9. The Morgan fingerprint density at radius 3 is 2.41 bits per heavy atom. The summed E-state index contributed by atoms with van der Waals surface area (Å²) in [5.74, 6) is 0. The number of halogens is 1. The second-order valence-corrected chi connectivity index (χ2v) is 6.92. The van der Waals surface area contributed by atoms with E-state index in [2.05, 4.69) is 4.72 Å². The SMILES string of the molecule is CN(C)c1ccc(Cl)cc1NS(=O)(=O)/C=C/c1ccccc1. The van der Waals surface area contributed by atoms with Crippen LogP contribution in [-0.4, -0.2) is 22.5 Å². The lowest BCUT2D eigenvalue weighted by Crippen LogP contribution is -2.15. The molecule has 0 radical (unpaired) electrons. The minimum atomic E-state index is -3.62. The van der Waals surface area contributed by atoms with Gasteiger partial charge < -0.3 is 4.90 Å². The van der Waals surface area contributed by atoms with Gasteiger partial charge in [0.2, 0.25) is 0 Å². The molecule has 2 rings (SSSR count). The average Bonchev–Trinajstić information content (AvgIpc) is 2.46. The maximum absolute atomic E-state index is 12.2. The number of nitrogens with one attached hydrogen (secondary N) is 1. The molecule has 22 heavy (non-hydrogen) atoms. The Hall–Kier alpha value is -1.98. The van der Waals surface area contributed by atoms with E-state index >= 15 is 0 Å². The predicted octanol–water partition coefficient (Wildman–Crippen LogP) is 3.82. The molecule has 0 aliphatic heterocycles. The second-order valence-electron chi connectivity index (χ2n) is 4.92. The van der Waals surface area contributed by atoms with Crippen LogP contribution < -0.4 is 9.62 Å². The summed E-state index contributed by atoms with van der Waals surface area (Å²) in [7, 11) is 0.0469. The fourth-order valence-electron chi connectivity index (χ4n) is 1.90. The fraction of sp³-hybridized carbons (Fsp3) is 0.125. The van der Waals surface area contributed by atoms with E-state index in [9.17, 15) is 8.42 Å². The van der Waals surface area contributed by atoms with Crippen LogP contribution in [0.1, 0.15) is 5.56 Å². The average molecular weight is 337 g/mol. The lowest BCUT2D eigenvalue weighted by molar-refractivity contribution is 0.609. The van der Waals surface area contributed by atoms with Gasteiger partial charge >= 0.3 is 0 Å². The van der Waals surface area contributed by atoms with Crippen molar-refractivity contribution in [2.75, 3.05) is 23.7 Å². The third-order valence-electron chi connectivity index (χ3n) is 2.93. The number of benzene rings is 2. The van der Waals surface area contributed by atoms with E-state index in [1.54, 1.807) is 24.3 Å². The quantitative estimate of drug-likeness (QED) is 0.903. The van der Waals surface area contributed by atoms with Crippen LogP contribution in [-0.2, 0) is 10.0 Å². The van der Waals surface area contributed by atoms with Crippen LogP contribution >= 0.6 is 11.6 Å². The van der Waals surface area contributed by atoms with Crippen LogP contribution in [0.4, 0.5) is 11.4 Å². The molecule has 0 aliphatic rings. The summed E-state index contributed by atoms with van der Waals surface area (Å²) >= 11 is 5.95. The first-order chi connectivity index (χ1) is 10.4. The van der Waals surface area contributed by atoms with Crippen molar-refractivity contribution < 1.29 is 8.42 Å². The van der Waals surface area contributed by atoms with Crippen LogP contribution in [0.2, 0.25) is 5.02 Å². The number of sulfonamides is 1. The molecule has 0 atom stereocenters. The monoisotopic (exact) mass is 336 g/mol. The molecular weight excluding hydrogens is 320 g/mol. The Bertz CT molecular complexity index is 772. The molecule has 0 heterocycles. The Morgan fingerprint density at radius 1 is 1.09 bits per heavy atom. The van der Waals surface area contributed by atoms with Crippen molar-refractivity contribution in [3.8, 4) is 0 Å². The molecule has 2 aromatic carbocycles. The lowest BCUT2D eigenvalue weighted by Gasteiger charge is -2.18. The summed E-state index contributed by atoms with van der Waals surface area (Å²) in [6.45, 7) is 0. The zero-order chi connectivity index (χ0) is 16.2. The van der Waals surface area contributed by atoms with Crippen molar-refractivity contribution in [1.29, 1.82) is 0 Å². The highest BCUT2D eigenvalue weighted by Crippen LogP contribution is 2.28. The van der Waals surface area contributed by atoms with Crippen LogP contribution in [0.3, 0.4) is 0 Å². The van der Waals surface area contributed by atoms with Gasteiger partial charge in [-0.2, -0.15) is 0 Å². The van der Waals surface area contributed by atoms with E-state index in [1.165, 1.54) is 0 Å². The van der Waals surface area contributed by atoms with Crippen molar-refractivity contribution in [3.05, 3.63) is 64.5 Å². The molecule has 2 aromatic rings. The molecule has 1 N–H and O–H groups in total. The van der Waals surface area contributed by atoms with Gasteiger partial charge in [-0.1, -0.05) is 41.9 Å². The number of nitrogens with zero attached hydrogens (tertiary/aromatic N) is 1. The Labute approximate surface area is 136 Å². The predicted molar refractivity (Wildman–Crippen MR) is 93.8 cm³/mol. The van der Waals surface area contributed by atoms with Crippen LogP contribution in [0.25, 0.3) is 6.08 Å². The van der Waals surface area contributed by atoms with Crippen LogP contribution in [0, 0.1) is 0 Å². The third-order valence-corrected chi connectivity index (χ3v) is 4.17. The fourth-order valence-corrected chi connectivity index (χ4v) is 2.95. The molecule has 0 saturated carbocycles. The van der Waals surface area contributed by atoms with Gasteiger partial charge in [0.05, 0.1) is 16.8 Å². The standard InChI is InChI=1S/C16H17ClN2O2S/c1-19(2)16-9-8-14(17)12-15(16)18-22(20,21)11-10-13-6-4-3-5-7-13/h3-12,18H,1-2H3/b11-10+. The Morgan fingerprint density at radius 2 is 1.77 bits per heavy atom. The molecular formula is C16H17ClN2O2S. The van der Waals surface area contributed by atoms with Gasteiger partial charge in [-0.05, 0) is 29.8 Å². The van der Waals surface area contributed by atoms with Crippen molar-refractivity contribution in [2.45, 2.75) is 0 Å². The van der Waals surface area contributed by atoms with Gasteiger partial charge in [0, 0.05) is 19.1 Å². The first kappa shape index (κ1) is 16.4. The summed E-state index contributed by atoms with van der Waals surface area (Å²) in [6, 6.07) is 14.3. The molecule has 0 saturated heterocycles. The molecule has 0 fully saturated rings. The number of anilines is 2. The summed E-state index contributed by atoms with van der Waals surface area (Å²) in [5, 5.41) is 1.61. The highest BCUT2D eigenvalue weighted by molar-refractivity contribution is 7.95. The first-order valence-corrected chi connectivity index (χ1v) is 8.53. The number of hydrogen-bond acceptors (Lipinski definition) is 3. The lowest BCUT2D eigenvalue weighted by atomic mass is 10.2.